The molecule has 2 fully saturated rings. The molecule has 1 aromatic carbocycles. The van der Waals surface area contributed by atoms with E-state index in [2.05, 4.69) is 38.7 Å². The van der Waals surface area contributed by atoms with Crippen LogP contribution < -0.4 is 10.2 Å². The van der Waals surface area contributed by atoms with Crippen molar-refractivity contribution in [1.82, 2.24) is 19.3 Å². The van der Waals surface area contributed by atoms with Gasteiger partial charge >= 0.3 is 0 Å². The normalized spacial score (nSPS) is 18.4. The molecule has 7 heteroatoms. The molecule has 6 rings (SSSR count). The van der Waals surface area contributed by atoms with Crippen LogP contribution in [0.25, 0.3) is 27.6 Å². The summed E-state index contributed by atoms with van der Waals surface area (Å²) in [6, 6.07) is 11.6. The molecule has 1 aliphatic carbocycles. The van der Waals surface area contributed by atoms with Crippen molar-refractivity contribution in [3.05, 3.63) is 42.2 Å². The maximum atomic E-state index is 13.9. The number of anilines is 2. The Morgan fingerprint density at radius 3 is 2.73 bits per heavy atom. The third-order valence-corrected chi connectivity index (χ3v) is 6.25. The second kappa shape index (κ2) is 6.80. The van der Waals surface area contributed by atoms with Crippen LogP contribution in [0.2, 0.25) is 0 Å². The summed E-state index contributed by atoms with van der Waals surface area (Å²) in [7, 11) is 2.17. The van der Waals surface area contributed by atoms with Gasteiger partial charge in [0, 0.05) is 31.1 Å². The number of benzene rings is 1. The van der Waals surface area contributed by atoms with Crippen molar-refractivity contribution in [3.63, 3.8) is 0 Å². The monoisotopic (exact) mass is 404 g/mol. The Hall–Kier alpha value is -2.93. The third-order valence-electron chi connectivity index (χ3n) is 6.25. The van der Waals surface area contributed by atoms with Crippen LogP contribution in [0.5, 0.6) is 0 Å². The van der Waals surface area contributed by atoms with Crippen LogP contribution in [0.15, 0.2) is 36.4 Å². The zero-order valence-corrected chi connectivity index (χ0v) is 17.1. The number of nitrogens with zero attached hydrogens (tertiary/aromatic N) is 5. The van der Waals surface area contributed by atoms with E-state index in [0.29, 0.717) is 6.04 Å². The summed E-state index contributed by atoms with van der Waals surface area (Å²) in [6.45, 7) is 4.10. The topological polar surface area (TPSA) is 48.7 Å². The number of hydrogen-bond donors (Lipinski definition) is 1. The molecule has 0 unspecified atom stereocenters. The van der Waals surface area contributed by atoms with Crippen LogP contribution in [0.4, 0.5) is 16.0 Å². The first kappa shape index (κ1) is 17.9. The lowest BCUT2D eigenvalue weighted by molar-refractivity contribution is 0.360. The van der Waals surface area contributed by atoms with E-state index in [1.54, 1.807) is 6.07 Å². The molecule has 6 nitrogen and oxygen atoms in total. The summed E-state index contributed by atoms with van der Waals surface area (Å²) in [5, 5.41) is 4.42. The van der Waals surface area contributed by atoms with Gasteiger partial charge in [-0.1, -0.05) is 0 Å². The number of halogens is 1. The van der Waals surface area contributed by atoms with Gasteiger partial charge in [0.15, 0.2) is 11.5 Å². The number of aromatic nitrogens is 3. The minimum Gasteiger partial charge on any atom is -0.366 e. The first-order valence-electron chi connectivity index (χ1n) is 10.8. The molecule has 1 aliphatic heterocycles. The Morgan fingerprint density at radius 2 is 1.87 bits per heavy atom. The first-order valence-corrected chi connectivity index (χ1v) is 10.8. The Balaban J connectivity index is 1.56. The summed E-state index contributed by atoms with van der Waals surface area (Å²) >= 11 is 0. The lowest BCUT2D eigenvalue weighted by Crippen LogP contribution is -2.29. The molecule has 0 atom stereocenters. The highest BCUT2D eigenvalue weighted by Gasteiger charge is 2.24. The van der Waals surface area contributed by atoms with Crippen LogP contribution >= 0.6 is 0 Å². The van der Waals surface area contributed by atoms with Gasteiger partial charge in [-0.3, -0.25) is 4.40 Å². The van der Waals surface area contributed by atoms with Crippen molar-refractivity contribution in [2.24, 2.45) is 0 Å². The molecular weight excluding hydrogens is 379 g/mol. The predicted octanol–water partition coefficient (Wildman–Crippen LogP) is 3.89. The van der Waals surface area contributed by atoms with Crippen molar-refractivity contribution in [2.45, 2.75) is 25.3 Å². The van der Waals surface area contributed by atoms with Gasteiger partial charge in [0.25, 0.3) is 0 Å². The van der Waals surface area contributed by atoms with Crippen molar-refractivity contribution >= 4 is 39.2 Å². The Morgan fingerprint density at radius 1 is 0.967 bits per heavy atom. The highest BCUT2D eigenvalue weighted by Crippen LogP contribution is 2.33. The van der Waals surface area contributed by atoms with Crippen molar-refractivity contribution in [1.29, 1.82) is 0 Å². The number of pyridine rings is 1. The summed E-state index contributed by atoms with van der Waals surface area (Å²) in [4.78, 5) is 14.7. The fourth-order valence-corrected chi connectivity index (χ4v) is 4.43. The molecule has 2 aliphatic rings. The van der Waals surface area contributed by atoms with E-state index in [1.165, 1.54) is 18.9 Å². The lowest BCUT2D eigenvalue weighted by atomic mass is 10.2. The van der Waals surface area contributed by atoms with E-state index in [0.717, 1.165) is 71.8 Å². The number of likely N-dealkylation sites (N-methyl/N-ethyl adjacent to an activating group) is 1. The van der Waals surface area contributed by atoms with E-state index >= 15 is 0 Å². The van der Waals surface area contributed by atoms with Crippen LogP contribution in [0.1, 0.15) is 19.3 Å². The Kier molecular flexibility index (Phi) is 4.06. The zero-order valence-electron chi connectivity index (χ0n) is 17.1. The second-order valence-corrected chi connectivity index (χ2v) is 8.60. The van der Waals surface area contributed by atoms with Crippen molar-refractivity contribution in [2.75, 3.05) is 43.4 Å². The van der Waals surface area contributed by atoms with Gasteiger partial charge in [0.05, 0.1) is 11.0 Å². The molecular formula is C23H25FN6. The fraction of sp³-hybridized carbons (Fsp3) is 0.391. The molecule has 30 heavy (non-hydrogen) atoms. The number of rotatable bonds is 3. The second-order valence-electron chi connectivity index (χ2n) is 8.60. The summed E-state index contributed by atoms with van der Waals surface area (Å²) in [6.07, 6.45) is 3.46. The highest BCUT2D eigenvalue weighted by molar-refractivity contribution is 5.96. The molecule has 154 valence electrons. The Bertz CT molecular complexity index is 1260. The smallest absolute Gasteiger partial charge is 0.166 e. The van der Waals surface area contributed by atoms with E-state index < -0.39 is 0 Å². The number of nitrogens with one attached hydrogen (secondary N) is 1. The Labute approximate surface area is 174 Å². The van der Waals surface area contributed by atoms with E-state index in [-0.39, 0.29) is 5.82 Å². The van der Waals surface area contributed by atoms with Crippen LogP contribution in [0.3, 0.4) is 0 Å². The molecule has 3 aromatic heterocycles. The molecule has 1 saturated heterocycles. The maximum Gasteiger partial charge on any atom is 0.166 e. The zero-order chi connectivity index (χ0) is 20.2. The molecule has 1 N–H and O–H groups in total. The average molecular weight is 404 g/mol. The van der Waals surface area contributed by atoms with Crippen molar-refractivity contribution < 1.29 is 4.39 Å². The van der Waals surface area contributed by atoms with Gasteiger partial charge < -0.3 is 15.1 Å². The lowest BCUT2D eigenvalue weighted by Gasteiger charge is -2.22. The molecule has 0 radical (unpaired) electrons. The van der Waals surface area contributed by atoms with Crippen molar-refractivity contribution in [3.8, 4) is 0 Å². The fourth-order valence-electron chi connectivity index (χ4n) is 4.43. The quantitative estimate of drug-likeness (QED) is 0.561. The maximum absolute atomic E-state index is 13.9. The molecule has 4 heterocycles. The van der Waals surface area contributed by atoms with Gasteiger partial charge in [-0.15, -0.1) is 0 Å². The summed E-state index contributed by atoms with van der Waals surface area (Å²) in [5.41, 5.74) is 3.58. The van der Waals surface area contributed by atoms with E-state index in [1.807, 2.05) is 12.1 Å². The van der Waals surface area contributed by atoms with Crippen LogP contribution in [-0.2, 0) is 0 Å². The molecule has 0 amide bonds. The number of hydrogen-bond acceptors (Lipinski definition) is 5. The van der Waals surface area contributed by atoms with E-state index in [4.69, 9.17) is 9.97 Å². The molecule has 0 spiro atoms. The summed E-state index contributed by atoms with van der Waals surface area (Å²) in [5.74, 6) is 1.61. The minimum atomic E-state index is -0.227. The van der Waals surface area contributed by atoms with Gasteiger partial charge in [0.1, 0.15) is 17.2 Å². The van der Waals surface area contributed by atoms with Crippen LogP contribution in [-0.4, -0.2) is 58.5 Å². The summed E-state index contributed by atoms with van der Waals surface area (Å²) < 4.78 is 16.0. The van der Waals surface area contributed by atoms with Gasteiger partial charge in [-0.05, 0) is 69.3 Å². The SMILES string of the molecule is CN1CCCN(c2ccc3nc(NC4CC4)c4cc5cc(F)ccc5n4c3n2)CC1. The van der Waals surface area contributed by atoms with E-state index in [9.17, 15) is 4.39 Å². The largest absolute Gasteiger partial charge is 0.366 e. The number of fused-ring (bicyclic) bond motifs is 5. The highest BCUT2D eigenvalue weighted by atomic mass is 19.1. The molecule has 4 aromatic rings. The van der Waals surface area contributed by atoms with Gasteiger partial charge in [0.2, 0.25) is 0 Å². The third kappa shape index (κ3) is 3.04. The average Bonchev–Trinajstić information content (AvgIpc) is 3.51. The van der Waals surface area contributed by atoms with Gasteiger partial charge in [-0.25, -0.2) is 14.4 Å². The molecule has 0 bridgehead atoms. The van der Waals surface area contributed by atoms with Crippen LogP contribution in [0, 0.1) is 5.82 Å². The molecule has 1 saturated carbocycles. The minimum absolute atomic E-state index is 0.227. The first-order chi connectivity index (χ1) is 14.7. The predicted molar refractivity (Wildman–Crippen MR) is 119 cm³/mol. The standard InChI is InChI=1S/C23H25FN6/c1-28-9-2-10-29(12-11-28)21-8-6-18-23(27-21)30-19-7-3-16(24)13-15(19)14-20(30)22(26-18)25-17-4-5-17/h3,6-8,13-14,17H,2,4-5,9-12H2,1H3,(H,25,26). The van der Waals surface area contributed by atoms with Gasteiger partial charge in [-0.2, -0.15) is 0 Å².